The van der Waals surface area contributed by atoms with E-state index in [2.05, 4.69) is 18.7 Å². The molecular weight excluding hydrogens is 485 g/mol. The van der Waals surface area contributed by atoms with Crippen LogP contribution in [0.4, 0.5) is 5.69 Å². The van der Waals surface area contributed by atoms with Crippen LogP contribution in [0.3, 0.4) is 0 Å². The van der Waals surface area contributed by atoms with E-state index in [0.717, 1.165) is 53.5 Å². The number of nitrogens with zero attached hydrogens (tertiary/aromatic N) is 1. The smallest absolute Gasteiger partial charge is 0.191 e. The number of sulfone groups is 1. The zero-order valence-electron chi connectivity index (χ0n) is 19.7. The first-order valence-electron chi connectivity index (χ1n) is 11.4. The third-order valence-electron chi connectivity index (χ3n) is 5.82. The van der Waals surface area contributed by atoms with Crippen molar-refractivity contribution in [1.82, 2.24) is 0 Å². The molecule has 3 nitrogen and oxygen atoms in total. The molecule has 3 rings (SSSR count). The summed E-state index contributed by atoms with van der Waals surface area (Å²) in [5, 5.41) is 1.15. The number of benzene rings is 3. The van der Waals surface area contributed by atoms with Crippen molar-refractivity contribution in [3.05, 3.63) is 92.8 Å². The molecule has 0 saturated carbocycles. The summed E-state index contributed by atoms with van der Waals surface area (Å²) in [6.07, 6.45) is 3.37. The largest absolute Gasteiger partial charge is 0.238 e. The van der Waals surface area contributed by atoms with Crippen LogP contribution in [0.5, 0.6) is 0 Å². The summed E-state index contributed by atoms with van der Waals surface area (Å²) in [6.45, 7) is 13.5. The quantitative estimate of drug-likeness (QED) is 0.269. The van der Waals surface area contributed by atoms with Crippen LogP contribution in [0.1, 0.15) is 43.9 Å². The molecule has 0 bridgehead atoms. The Morgan fingerprint density at radius 1 is 0.912 bits per heavy atom. The SMILES string of the molecule is [C-]#[N+]c1cc(-c2c(Cl)cc(CCCc3ccc(S(=O)(=O)CC)cc3)cc2Cl)ccc1CC(C)C. The summed E-state index contributed by atoms with van der Waals surface area (Å²) in [5.74, 6) is 0.575. The van der Waals surface area contributed by atoms with Gasteiger partial charge in [0.15, 0.2) is 15.5 Å². The Kier molecular flexibility index (Phi) is 8.82. The van der Waals surface area contributed by atoms with Crippen LogP contribution in [-0.4, -0.2) is 14.2 Å². The van der Waals surface area contributed by atoms with Gasteiger partial charge in [0.2, 0.25) is 0 Å². The number of halogens is 2. The van der Waals surface area contributed by atoms with Gasteiger partial charge in [-0.05, 0) is 84.2 Å². The number of hydrogen-bond acceptors (Lipinski definition) is 2. The molecule has 0 atom stereocenters. The van der Waals surface area contributed by atoms with E-state index in [4.69, 9.17) is 29.8 Å². The van der Waals surface area contributed by atoms with Gasteiger partial charge in [-0.1, -0.05) is 68.2 Å². The van der Waals surface area contributed by atoms with Gasteiger partial charge in [0, 0.05) is 5.56 Å². The van der Waals surface area contributed by atoms with E-state index >= 15 is 0 Å². The van der Waals surface area contributed by atoms with Crippen molar-refractivity contribution in [3.8, 4) is 11.1 Å². The van der Waals surface area contributed by atoms with Crippen LogP contribution in [0.2, 0.25) is 10.0 Å². The van der Waals surface area contributed by atoms with Crippen LogP contribution >= 0.6 is 23.2 Å². The van der Waals surface area contributed by atoms with E-state index in [9.17, 15) is 8.42 Å². The van der Waals surface area contributed by atoms with E-state index in [1.54, 1.807) is 19.1 Å². The van der Waals surface area contributed by atoms with Gasteiger partial charge < -0.3 is 0 Å². The van der Waals surface area contributed by atoms with Gasteiger partial charge in [-0.2, -0.15) is 0 Å². The Hall–Kier alpha value is -2.32. The van der Waals surface area contributed by atoms with E-state index < -0.39 is 9.84 Å². The summed E-state index contributed by atoms with van der Waals surface area (Å²) in [5.41, 5.74) is 5.42. The Morgan fingerprint density at radius 3 is 2.09 bits per heavy atom. The van der Waals surface area contributed by atoms with Crippen molar-refractivity contribution >= 4 is 38.7 Å². The van der Waals surface area contributed by atoms with Gasteiger partial charge in [0.05, 0.1) is 27.3 Å². The van der Waals surface area contributed by atoms with Crippen molar-refractivity contribution in [2.24, 2.45) is 5.92 Å². The van der Waals surface area contributed by atoms with Crippen molar-refractivity contribution in [3.63, 3.8) is 0 Å². The molecule has 0 unspecified atom stereocenters. The number of rotatable bonds is 9. The lowest BCUT2D eigenvalue weighted by Gasteiger charge is -2.13. The fraction of sp³-hybridized carbons (Fsp3) is 0.321. The summed E-state index contributed by atoms with van der Waals surface area (Å²) in [4.78, 5) is 4.08. The molecule has 3 aromatic carbocycles. The van der Waals surface area contributed by atoms with Crippen molar-refractivity contribution in [1.29, 1.82) is 0 Å². The fourth-order valence-electron chi connectivity index (χ4n) is 4.01. The van der Waals surface area contributed by atoms with Crippen molar-refractivity contribution in [2.75, 3.05) is 5.75 Å². The highest BCUT2D eigenvalue weighted by molar-refractivity contribution is 7.91. The van der Waals surface area contributed by atoms with Crippen LogP contribution in [0, 0.1) is 12.5 Å². The molecule has 0 aromatic heterocycles. The molecule has 34 heavy (non-hydrogen) atoms. The van der Waals surface area contributed by atoms with E-state index in [0.29, 0.717) is 26.5 Å². The molecule has 0 amide bonds. The van der Waals surface area contributed by atoms with Gasteiger partial charge >= 0.3 is 0 Å². The third-order valence-corrected chi connectivity index (χ3v) is 8.16. The maximum absolute atomic E-state index is 12.0. The molecule has 0 aliphatic heterocycles. The third kappa shape index (κ3) is 6.42. The molecule has 0 fully saturated rings. The summed E-state index contributed by atoms with van der Waals surface area (Å²) < 4.78 is 23.9. The Labute approximate surface area is 213 Å². The predicted octanol–water partition coefficient (Wildman–Crippen LogP) is 8.38. The Bertz CT molecular complexity index is 1280. The highest BCUT2D eigenvalue weighted by Gasteiger charge is 2.14. The number of aryl methyl sites for hydroxylation is 2. The van der Waals surface area contributed by atoms with Crippen molar-refractivity contribution in [2.45, 2.75) is 51.3 Å². The zero-order valence-corrected chi connectivity index (χ0v) is 22.1. The molecule has 0 heterocycles. The summed E-state index contributed by atoms with van der Waals surface area (Å²) >= 11 is 13.3. The average Bonchev–Trinajstić information content (AvgIpc) is 2.79. The molecule has 3 aromatic rings. The highest BCUT2D eigenvalue weighted by atomic mass is 35.5. The maximum Gasteiger partial charge on any atom is 0.191 e. The molecule has 178 valence electrons. The lowest BCUT2D eigenvalue weighted by atomic mass is 9.96. The van der Waals surface area contributed by atoms with Gasteiger partial charge in [0.25, 0.3) is 0 Å². The number of hydrogen-bond donors (Lipinski definition) is 0. The maximum atomic E-state index is 12.0. The second-order valence-corrected chi connectivity index (χ2v) is 12.0. The average molecular weight is 515 g/mol. The molecule has 0 aliphatic rings. The molecule has 0 aliphatic carbocycles. The van der Waals surface area contributed by atoms with E-state index in [1.807, 2.05) is 42.5 Å². The lowest BCUT2D eigenvalue weighted by Crippen LogP contribution is -2.03. The Morgan fingerprint density at radius 2 is 1.53 bits per heavy atom. The first-order chi connectivity index (χ1) is 16.1. The predicted molar refractivity (Wildman–Crippen MR) is 143 cm³/mol. The van der Waals surface area contributed by atoms with Crippen LogP contribution in [0.15, 0.2) is 59.5 Å². The van der Waals surface area contributed by atoms with Crippen LogP contribution < -0.4 is 0 Å². The molecule has 0 radical (unpaired) electrons. The first-order valence-corrected chi connectivity index (χ1v) is 13.9. The molecular formula is C28H29Cl2NO2S. The monoisotopic (exact) mass is 513 g/mol. The minimum absolute atomic E-state index is 0.102. The van der Waals surface area contributed by atoms with E-state index in [1.165, 1.54) is 0 Å². The minimum Gasteiger partial charge on any atom is -0.238 e. The first kappa shape index (κ1) is 26.3. The fourth-order valence-corrected chi connectivity index (χ4v) is 5.64. The lowest BCUT2D eigenvalue weighted by molar-refractivity contribution is 0.597. The summed E-state index contributed by atoms with van der Waals surface area (Å²) in [7, 11) is -3.17. The molecule has 6 heteroatoms. The second-order valence-electron chi connectivity index (χ2n) is 8.89. The molecule has 0 saturated heterocycles. The van der Waals surface area contributed by atoms with Crippen molar-refractivity contribution < 1.29 is 8.42 Å². The van der Waals surface area contributed by atoms with Gasteiger partial charge in [-0.25, -0.2) is 13.3 Å². The molecule has 0 spiro atoms. The van der Waals surface area contributed by atoms with Gasteiger partial charge in [0.1, 0.15) is 0 Å². The topological polar surface area (TPSA) is 38.5 Å². The summed E-state index contributed by atoms with van der Waals surface area (Å²) in [6, 6.07) is 16.9. The second kappa shape index (κ2) is 11.4. The standard InChI is InChI=1S/C28H29Cl2NO2S/c1-5-34(32,33)24-13-9-20(10-14-24)7-6-8-21-16-25(29)28(26(30)17-21)23-12-11-22(15-19(2)3)27(18-23)31-4/h9-14,16-19H,5-8,15H2,1-3H3. The van der Waals surface area contributed by atoms with Crippen LogP contribution in [-0.2, 0) is 29.1 Å². The zero-order chi connectivity index (χ0) is 24.9. The molecule has 0 N–H and O–H groups in total. The van der Waals surface area contributed by atoms with Gasteiger partial charge in [-0.3, -0.25) is 0 Å². The van der Waals surface area contributed by atoms with Gasteiger partial charge in [-0.15, -0.1) is 0 Å². The van der Waals surface area contributed by atoms with Crippen LogP contribution in [0.25, 0.3) is 16.0 Å². The normalized spacial score (nSPS) is 11.6. The Balaban J connectivity index is 1.72. The minimum atomic E-state index is -3.17. The van der Waals surface area contributed by atoms with E-state index in [-0.39, 0.29) is 5.75 Å². The highest BCUT2D eigenvalue weighted by Crippen LogP contribution is 2.38.